The maximum absolute atomic E-state index is 13.0. The van der Waals surface area contributed by atoms with Crippen LogP contribution in [0.25, 0.3) is 0 Å². The fraction of sp³-hybridized carbons (Fsp3) is 0.444. The fourth-order valence-electron chi connectivity index (χ4n) is 5.24. The first-order valence-corrected chi connectivity index (χ1v) is 8.20. The second-order valence-corrected chi connectivity index (χ2v) is 7.20. The predicted molar refractivity (Wildman–Crippen MR) is 79.8 cm³/mol. The highest BCUT2D eigenvalue weighted by atomic mass is 16.7. The van der Waals surface area contributed by atoms with Gasteiger partial charge in [-0.3, -0.25) is 9.59 Å². The van der Waals surface area contributed by atoms with Crippen LogP contribution in [0.2, 0.25) is 0 Å². The van der Waals surface area contributed by atoms with Crippen LogP contribution in [0.1, 0.15) is 6.42 Å². The molecule has 1 saturated heterocycles. The van der Waals surface area contributed by atoms with Crippen molar-refractivity contribution in [2.45, 2.75) is 6.42 Å². The van der Waals surface area contributed by atoms with Crippen molar-refractivity contribution in [1.82, 2.24) is 0 Å². The third-order valence-corrected chi connectivity index (χ3v) is 6.28. The summed E-state index contributed by atoms with van der Waals surface area (Å²) in [5.74, 6) is 2.62. The molecule has 6 aliphatic rings. The second-order valence-electron chi connectivity index (χ2n) is 7.20. The highest BCUT2D eigenvalue weighted by Gasteiger charge is 2.67. The van der Waals surface area contributed by atoms with E-state index >= 15 is 0 Å². The lowest BCUT2D eigenvalue weighted by Gasteiger charge is -2.37. The fourth-order valence-corrected chi connectivity index (χ4v) is 5.24. The molecule has 4 aliphatic carbocycles. The molecule has 2 heterocycles. The molecular weight excluding hydrogens is 294 g/mol. The minimum Gasteiger partial charge on any atom is -0.454 e. The summed E-state index contributed by atoms with van der Waals surface area (Å²) < 4.78 is 10.7. The highest BCUT2D eigenvalue weighted by molar-refractivity contribution is 6.22. The molecule has 23 heavy (non-hydrogen) atoms. The summed E-state index contributed by atoms with van der Waals surface area (Å²) in [6.45, 7) is 0.184. The van der Waals surface area contributed by atoms with E-state index in [-0.39, 0.29) is 42.3 Å². The standard InChI is InChI=1S/C18H15NO4/c20-17-15-9-2-3-10(12-6-11(9)12)16(15)18(21)19(17)8-1-4-13-14(5-8)23-7-22-13/h1-5,9-12,15-16H,6-7H2/t9-,10-,11-,12+,15+,16-/m1/s1. The number of benzene rings is 1. The Kier molecular flexibility index (Phi) is 2.00. The van der Waals surface area contributed by atoms with Crippen molar-refractivity contribution in [3.05, 3.63) is 30.4 Å². The first kappa shape index (κ1) is 12.2. The average Bonchev–Trinajstić information content (AvgIpc) is 3.20. The van der Waals surface area contributed by atoms with Gasteiger partial charge < -0.3 is 9.47 Å². The van der Waals surface area contributed by atoms with Gasteiger partial charge in [0, 0.05) is 6.07 Å². The number of fused-ring (bicyclic) bond motifs is 1. The van der Waals surface area contributed by atoms with E-state index in [1.54, 1.807) is 18.2 Å². The number of hydrogen-bond acceptors (Lipinski definition) is 4. The molecule has 5 nitrogen and oxygen atoms in total. The van der Waals surface area contributed by atoms with Crippen LogP contribution in [-0.4, -0.2) is 18.6 Å². The van der Waals surface area contributed by atoms with Crippen LogP contribution in [-0.2, 0) is 9.59 Å². The zero-order chi connectivity index (χ0) is 15.3. The molecule has 2 saturated carbocycles. The van der Waals surface area contributed by atoms with Crippen molar-refractivity contribution < 1.29 is 19.1 Å². The van der Waals surface area contributed by atoms with Gasteiger partial charge in [-0.2, -0.15) is 0 Å². The predicted octanol–water partition coefficient (Wildman–Crippen LogP) is 1.97. The first-order valence-electron chi connectivity index (χ1n) is 8.20. The van der Waals surface area contributed by atoms with Crippen molar-refractivity contribution >= 4 is 17.5 Å². The Morgan fingerprint density at radius 3 is 2.26 bits per heavy atom. The molecule has 2 aliphatic heterocycles. The molecule has 0 unspecified atom stereocenters. The third kappa shape index (κ3) is 1.35. The Labute approximate surface area is 132 Å². The van der Waals surface area contributed by atoms with Crippen LogP contribution in [0.4, 0.5) is 5.69 Å². The number of ether oxygens (including phenoxy) is 2. The number of rotatable bonds is 1. The molecule has 0 radical (unpaired) electrons. The molecule has 7 rings (SSSR count). The van der Waals surface area contributed by atoms with E-state index in [1.807, 2.05) is 0 Å². The van der Waals surface area contributed by atoms with Crippen molar-refractivity contribution in [1.29, 1.82) is 0 Å². The molecule has 0 spiro atoms. The first-order chi connectivity index (χ1) is 11.2. The van der Waals surface area contributed by atoms with Crippen LogP contribution in [0, 0.1) is 35.5 Å². The lowest BCUT2D eigenvalue weighted by Crippen LogP contribution is -2.40. The SMILES string of the molecule is O=C1[C@@H]2[C@@H]3C=C[C@H]([C@H]4C[C@@H]34)[C@@H]2C(=O)N1c1ccc2c(c1)OCO2. The monoisotopic (exact) mass is 309 g/mol. The van der Waals surface area contributed by atoms with Gasteiger partial charge in [0.25, 0.3) is 0 Å². The van der Waals surface area contributed by atoms with Gasteiger partial charge in [-0.25, -0.2) is 4.90 Å². The smallest absolute Gasteiger partial charge is 0.238 e. The summed E-state index contributed by atoms with van der Waals surface area (Å²) in [4.78, 5) is 27.4. The van der Waals surface area contributed by atoms with Crippen LogP contribution in [0.15, 0.2) is 30.4 Å². The zero-order valence-electron chi connectivity index (χ0n) is 12.3. The molecule has 0 aromatic heterocycles. The van der Waals surface area contributed by atoms with Gasteiger partial charge in [-0.15, -0.1) is 0 Å². The number of allylic oxidation sites excluding steroid dienone is 2. The van der Waals surface area contributed by atoms with Crippen molar-refractivity contribution in [2.75, 3.05) is 11.7 Å². The molecule has 2 bridgehead atoms. The molecule has 0 N–H and O–H groups in total. The summed E-state index contributed by atoms with van der Waals surface area (Å²) in [7, 11) is 0. The molecule has 1 aromatic carbocycles. The number of amides is 2. The van der Waals surface area contributed by atoms with E-state index in [9.17, 15) is 9.59 Å². The summed E-state index contributed by atoms with van der Waals surface area (Å²) in [5.41, 5.74) is 0.603. The molecule has 6 atom stereocenters. The van der Waals surface area contributed by atoms with E-state index in [1.165, 1.54) is 11.3 Å². The van der Waals surface area contributed by atoms with E-state index < -0.39 is 0 Å². The third-order valence-electron chi connectivity index (χ3n) is 6.28. The molecule has 5 heteroatoms. The average molecular weight is 309 g/mol. The molecule has 116 valence electrons. The van der Waals surface area contributed by atoms with E-state index in [0.29, 0.717) is 29.0 Å². The number of hydrogen-bond donors (Lipinski definition) is 0. The van der Waals surface area contributed by atoms with E-state index in [0.717, 1.165) is 0 Å². The summed E-state index contributed by atoms with van der Waals surface area (Å²) >= 11 is 0. The van der Waals surface area contributed by atoms with E-state index in [4.69, 9.17) is 9.47 Å². The molecule has 2 amide bonds. The normalized spacial score (nSPS) is 41.3. The van der Waals surface area contributed by atoms with Gasteiger partial charge in [0.15, 0.2) is 11.5 Å². The Balaban J connectivity index is 1.43. The van der Waals surface area contributed by atoms with Crippen LogP contribution < -0.4 is 14.4 Å². The van der Waals surface area contributed by atoms with Gasteiger partial charge in [-0.05, 0) is 42.2 Å². The van der Waals surface area contributed by atoms with Crippen molar-refractivity contribution in [2.24, 2.45) is 35.5 Å². The second kappa shape index (κ2) is 3.78. The number of nitrogens with zero attached hydrogens (tertiary/aromatic N) is 1. The molecule has 1 aromatic rings. The quantitative estimate of drug-likeness (QED) is 0.588. The Morgan fingerprint density at radius 1 is 0.913 bits per heavy atom. The number of anilines is 1. The van der Waals surface area contributed by atoms with Crippen LogP contribution in [0.5, 0.6) is 11.5 Å². The minimum absolute atomic E-state index is 0.0384. The zero-order valence-corrected chi connectivity index (χ0v) is 12.3. The number of carbonyl (C=O) groups excluding carboxylic acids is 2. The lowest BCUT2D eigenvalue weighted by molar-refractivity contribution is -0.124. The van der Waals surface area contributed by atoms with Gasteiger partial charge in [-0.1, -0.05) is 12.2 Å². The highest BCUT2D eigenvalue weighted by Crippen LogP contribution is 2.65. The maximum Gasteiger partial charge on any atom is 0.238 e. The molecule has 3 fully saturated rings. The lowest BCUT2D eigenvalue weighted by atomic mass is 9.63. The minimum atomic E-state index is -0.160. The largest absolute Gasteiger partial charge is 0.454 e. The summed E-state index contributed by atoms with van der Waals surface area (Å²) in [6, 6.07) is 5.28. The summed E-state index contributed by atoms with van der Waals surface area (Å²) in [5, 5.41) is 0. The van der Waals surface area contributed by atoms with Crippen molar-refractivity contribution in [3.8, 4) is 11.5 Å². The summed E-state index contributed by atoms with van der Waals surface area (Å²) in [6.07, 6.45) is 5.56. The number of imide groups is 1. The van der Waals surface area contributed by atoms with Crippen LogP contribution >= 0.6 is 0 Å². The van der Waals surface area contributed by atoms with Gasteiger partial charge in [0.1, 0.15) is 0 Å². The van der Waals surface area contributed by atoms with Crippen molar-refractivity contribution in [3.63, 3.8) is 0 Å². The van der Waals surface area contributed by atoms with Gasteiger partial charge in [0.2, 0.25) is 18.6 Å². The maximum atomic E-state index is 13.0. The van der Waals surface area contributed by atoms with E-state index in [2.05, 4.69) is 12.2 Å². The van der Waals surface area contributed by atoms with Gasteiger partial charge >= 0.3 is 0 Å². The Morgan fingerprint density at radius 2 is 1.57 bits per heavy atom. The number of carbonyl (C=O) groups is 2. The topological polar surface area (TPSA) is 55.8 Å². The molecular formula is C18H15NO4. The Bertz CT molecular complexity index is 764. The van der Waals surface area contributed by atoms with Gasteiger partial charge in [0.05, 0.1) is 17.5 Å². The Hall–Kier alpha value is -2.30. The van der Waals surface area contributed by atoms with Crippen LogP contribution in [0.3, 0.4) is 0 Å².